The zero-order chi connectivity index (χ0) is 19.9. The Bertz CT molecular complexity index is 856. The summed E-state index contributed by atoms with van der Waals surface area (Å²) in [5, 5.41) is 15.3. The van der Waals surface area contributed by atoms with Crippen LogP contribution in [-0.4, -0.2) is 34.7 Å². The molecule has 1 amide bonds. The topological polar surface area (TPSA) is 131 Å². The van der Waals surface area contributed by atoms with Crippen LogP contribution in [0.4, 0.5) is 0 Å². The lowest BCUT2D eigenvalue weighted by Gasteiger charge is -2.29. The van der Waals surface area contributed by atoms with Crippen molar-refractivity contribution in [2.75, 3.05) is 0 Å². The maximum Gasteiger partial charge on any atom is 0.378 e. The minimum absolute atomic E-state index is 0. The van der Waals surface area contributed by atoms with E-state index in [0.717, 1.165) is 0 Å². The van der Waals surface area contributed by atoms with Gasteiger partial charge in [0.1, 0.15) is 5.75 Å². The third-order valence-electron chi connectivity index (χ3n) is 3.72. The molecule has 8 nitrogen and oxygen atoms in total. The second-order valence-electron chi connectivity index (χ2n) is 5.53. The Balaban J connectivity index is 0.00000392. The molecule has 0 saturated heterocycles. The monoisotopic (exact) mass is 405 g/mol. The van der Waals surface area contributed by atoms with Gasteiger partial charge in [0, 0.05) is 12.0 Å². The molecular weight excluding hydrogens is 386 g/mol. The summed E-state index contributed by atoms with van der Waals surface area (Å²) in [7, 11) is 0. The van der Waals surface area contributed by atoms with Crippen LogP contribution in [0.1, 0.15) is 29.3 Å². The van der Waals surface area contributed by atoms with Crippen molar-refractivity contribution in [3.8, 4) is 5.75 Å². The quantitative estimate of drug-likeness (QED) is 0.202. The largest absolute Gasteiger partial charge is 0.476 e. The molecule has 0 radical (unpaired) electrons. The number of para-hydroxylation sites is 1. The summed E-state index contributed by atoms with van der Waals surface area (Å²) in [6.45, 7) is 1.49. The molecule has 2 rings (SSSR count). The number of nitrogens with zero attached hydrogens (tertiary/aromatic N) is 1. The molecule has 0 aliphatic carbocycles. The van der Waals surface area contributed by atoms with Gasteiger partial charge in [-0.2, -0.15) is 5.10 Å². The summed E-state index contributed by atoms with van der Waals surface area (Å²) in [4.78, 5) is 37.0. The molecule has 0 aliphatic rings. The SMILES string of the molecule is CCC(=O)C(NC(=O)c1ccc(C=NN)cc1)(Oc1ccccc1)C(=O)O.Cl. The first-order valence-corrected chi connectivity index (χ1v) is 8.09. The number of carbonyl (C=O) groups is 3. The lowest BCUT2D eigenvalue weighted by molar-refractivity contribution is -0.164. The highest BCUT2D eigenvalue weighted by molar-refractivity contribution is 6.11. The molecule has 0 saturated carbocycles. The van der Waals surface area contributed by atoms with Gasteiger partial charge < -0.3 is 15.7 Å². The Morgan fingerprint density at radius 1 is 1.14 bits per heavy atom. The maximum atomic E-state index is 12.6. The van der Waals surface area contributed by atoms with Crippen molar-refractivity contribution < 1.29 is 24.2 Å². The predicted molar refractivity (Wildman–Crippen MR) is 106 cm³/mol. The number of hydrogen-bond acceptors (Lipinski definition) is 6. The molecule has 0 fully saturated rings. The number of hydrogen-bond donors (Lipinski definition) is 3. The molecule has 0 aromatic heterocycles. The molecule has 0 aliphatic heterocycles. The van der Waals surface area contributed by atoms with Crippen LogP contribution in [0.3, 0.4) is 0 Å². The van der Waals surface area contributed by atoms with E-state index in [2.05, 4.69) is 10.4 Å². The summed E-state index contributed by atoms with van der Waals surface area (Å²) >= 11 is 0. The summed E-state index contributed by atoms with van der Waals surface area (Å²) in [5.74, 6) is 2.03. The van der Waals surface area contributed by atoms with Crippen LogP contribution >= 0.6 is 12.4 Å². The molecular formula is C19H20ClN3O5. The first-order chi connectivity index (χ1) is 12.9. The van der Waals surface area contributed by atoms with E-state index in [4.69, 9.17) is 10.6 Å². The number of carboxylic acid groups (broad SMARTS) is 1. The Morgan fingerprint density at radius 2 is 1.75 bits per heavy atom. The van der Waals surface area contributed by atoms with Gasteiger partial charge >= 0.3 is 11.7 Å². The molecule has 0 bridgehead atoms. The lowest BCUT2D eigenvalue weighted by atomic mass is 10.0. The zero-order valence-corrected chi connectivity index (χ0v) is 15.8. The normalized spacial score (nSPS) is 12.5. The van der Waals surface area contributed by atoms with E-state index in [9.17, 15) is 19.5 Å². The third-order valence-corrected chi connectivity index (χ3v) is 3.72. The zero-order valence-electron chi connectivity index (χ0n) is 15.0. The fourth-order valence-corrected chi connectivity index (χ4v) is 2.32. The molecule has 28 heavy (non-hydrogen) atoms. The first kappa shape index (κ1) is 22.7. The van der Waals surface area contributed by atoms with Crippen molar-refractivity contribution >= 4 is 36.3 Å². The van der Waals surface area contributed by atoms with Crippen molar-refractivity contribution in [1.29, 1.82) is 0 Å². The number of rotatable bonds is 8. The van der Waals surface area contributed by atoms with Crippen molar-refractivity contribution in [2.24, 2.45) is 10.9 Å². The van der Waals surface area contributed by atoms with Crippen molar-refractivity contribution in [2.45, 2.75) is 19.1 Å². The average molecular weight is 406 g/mol. The summed E-state index contributed by atoms with van der Waals surface area (Å²) in [6, 6.07) is 14.0. The minimum atomic E-state index is -2.54. The van der Waals surface area contributed by atoms with Gasteiger partial charge in [0.15, 0.2) is 0 Å². The second-order valence-corrected chi connectivity index (χ2v) is 5.53. The fourth-order valence-electron chi connectivity index (χ4n) is 2.32. The van der Waals surface area contributed by atoms with Crippen LogP contribution in [0.5, 0.6) is 5.75 Å². The fraction of sp³-hybridized carbons (Fsp3) is 0.158. The van der Waals surface area contributed by atoms with E-state index >= 15 is 0 Å². The highest BCUT2D eigenvalue weighted by Gasteiger charge is 2.49. The summed E-state index contributed by atoms with van der Waals surface area (Å²) in [6.07, 6.45) is 1.24. The number of carbonyl (C=O) groups excluding carboxylic acids is 2. The highest BCUT2D eigenvalue weighted by Crippen LogP contribution is 2.20. The Labute approximate surface area is 167 Å². The maximum absolute atomic E-state index is 12.6. The van der Waals surface area contributed by atoms with Gasteiger partial charge in [-0.3, -0.25) is 14.9 Å². The molecule has 9 heteroatoms. The van der Waals surface area contributed by atoms with Gasteiger partial charge in [0.05, 0.1) is 6.21 Å². The number of hydrazone groups is 1. The molecule has 1 unspecified atom stereocenters. The molecule has 1 atom stereocenters. The van der Waals surface area contributed by atoms with Crippen molar-refractivity contribution in [3.63, 3.8) is 0 Å². The molecule has 0 heterocycles. The van der Waals surface area contributed by atoms with Crippen molar-refractivity contribution in [1.82, 2.24) is 5.32 Å². The number of nitrogens with two attached hydrogens (primary N) is 1. The van der Waals surface area contributed by atoms with E-state index < -0.39 is 23.4 Å². The average Bonchev–Trinajstić information content (AvgIpc) is 2.68. The summed E-state index contributed by atoms with van der Waals surface area (Å²) < 4.78 is 5.45. The van der Waals surface area contributed by atoms with Gasteiger partial charge in [-0.05, 0) is 29.8 Å². The van der Waals surface area contributed by atoms with Crippen LogP contribution < -0.4 is 15.9 Å². The predicted octanol–water partition coefficient (Wildman–Crippen LogP) is 1.97. The van der Waals surface area contributed by atoms with Crippen LogP contribution in [-0.2, 0) is 9.59 Å². The van der Waals surface area contributed by atoms with E-state index in [1.165, 1.54) is 37.4 Å². The molecule has 148 valence electrons. The third kappa shape index (κ3) is 5.08. The number of amides is 1. The number of Topliss-reactive ketones (excluding diaryl/α,β-unsaturated/α-hetero) is 1. The Morgan fingerprint density at radius 3 is 2.25 bits per heavy atom. The number of carboxylic acids is 1. The molecule has 2 aromatic rings. The van der Waals surface area contributed by atoms with E-state index in [0.29, 0.717) is 5.56 Å². The molecule has 4 N–H and O–H groups in total. The van der Waals surface area contributed by atoms with Gasteiger partial charge in [0.25, 0.3) is 5.91 Å². The number of halogens is 1. The summed E-state index contributed by atoms with van der Waals surface area (Å²) in [5.41, 5.74) is -1.73. The van der Waals surface area contributed by atoms with Crippen LogP contribution in [0, 0.1) is 0 Å². The number of nitrogens with one attached hydrogen (secondary N) is 1. The highest BCUT2D eigenvalue weighted by atomic mass is 35.5. The number of ketones is 1. The van der Waals surface area contributed by atoms with E-state index in [1.54, 1.807) is 30.3 Å². The van der Waals surface area contributed by atoms with Gasteiger partial charge in [-0.25, -0.2) is 4.79 Å². The number of aliphatic carboxylic acids is 1. The van der Waals surface area contributed by atoms with Gasteiger partial charge in [0.2, 0.25) is 5.78 Å². The molecule has 2 aromatic carbocycles. The smallest absolute Gasteiger partial charge is 0.378 e. The number of ether oxygens (including phenoxy) is 1. The second kappa shape index (κ2) is 10.1. The van der Waals surface area contributed by atoms with Crippen LogP contribution in [0.2, 0.25) is 0 Å². The van der Waals surface area contributed by atoms with Crippen LogP contribution in [0.25, 0.3) is 0 Å². The first-order valence-electron chi connectivity index (χ1n) is 8.09. The Kier molecular flexibility index (Phi) is 8.15. The lowest BCUT2D eigenvalue weighted by Crippen LogP contribution is -2.64. The van der Waals surface area contributed by atoms with Gasteiger partial charge in [-0.15, -0.1) is 12.4 Å². The molecule has 0 spiro atoms. The number of benzene rings is 2. The van der Waals surface area contributed by atoms with Crippen molar-refractivity contribution in [3.05, 3.63) is 65.7 Å². The Hall–Kier alpha value is -3.39. The van der Waals surface area contributed by atoms with Crippen LogP contribution in [0.15, 0.2) is 59.7 Å². The van der Waals surface area contributed by atoms with E-state index in [-0.39, 0.29) is 30.1 Å². The van der Waals surface area contributed by atoms with Gasteiger partial charge in [-0.1, -0.05) is 37.3 Å². The standard InChI is InChI=1S/C19H19N3O5.ClH/c1-2-16(23)19(18(25)26,27-15-6-4-3-5-7-15)22-17(24)14-10-8-13(9-11-14)12-21-20;/h3-12H,2,20H2,1H3,(H,22,24)(H,25,26);1H. The minimum Gasteiger partial charge on any atom is -0.476 e. The van der Waals surface area contributed by atoms with E-state index in [1.807, 2.05) is 0 Å².